The van der Waals surface area contributed by atoms with E-state index in [9.17, 15) is 4.79 Å². The van der Waals surface area contributed by atoms with E-state index in [-0.39, 0.29) is 5.92 Å². The quantitative estimate of drug-likeness (QED) is 0.398. The molecule has 8 heavy (non-hydrogen) atoms. The van der Waals surface area contributed by atoms with Crippen LogP contribution in [0.3, 0.4) is 0 Å². The maximum Gasteiger partial charge on any atom is 0.123 e. The Balaban J connectivity index is 3.38. The summed E-state index contributed by atoms with van der Waals surface area (Å²) in [6, 6.07) is 0. The van der Waals surface area contributed by atoms with Gasteiger partial charge < -0.3 is 4.79 Å². The Labute approximate surface area is 49.7 Å². The van der Waals surface area contributed by atoms with E-state index in [1.807, 2.05) is 6.92 Å². The van der Waals surface area contributed by atoms with E-state index >= 15 is 0 Å². The first-order valence-corrected chi connectivity index (χ1v) is 2.61. The van der Waals surface area contributed by atoms with Gasteiger partial charge in [-0.05, 0) is 12.5 Å². The summed E-state index contributed by atoms with van der Waals surface area (Å²) in [6.45, 7) is 5.23. The third kappa shape index (κ3) is 3.38. The standard InChI is InChI=1S/C7H10O/c1-3-4-5-7(2)6-8/h4,6-7H,1,5H2,2H3. The molecule has 0 aromatic heterocycles. The molecule has 0 heterocycles. The van der Waals surface area contributed by atoms with Crippen LogP contribution in [-0.4, -0.2) is 6.29 Å². The molecule has 1 unspecified atom stereocenters. The van der Waals surface area contributed by atoms with Crippen molar-refractivity contribution in [3.8, 4) is 0 Å². The average Bonchev–Trinajstić information content (AvgIpc) is 1.83. The van der Waals surface area contributed by atoms with E-state index in [0.717, 1.165) is 12.7 Å². The largest absolute Gasteiger partial charge is 0.303 e. The van der Waals surface area contributed by atoms with Crippen molar-refractivity contribution in [1.29, 1.82) is 0 Å². The zero-order valence-corrected chi connectivity index (χ0v) is 5.05. The number of carbonyl (C=O) groups is 1. The Morgan fingerprint density at radius 3 is 2.88 bits per heavy atom. The van der Waals surface area contributed by atoms with Crippen molar-refractivity contribution < 1.29 is 4.79 Å². The van der Waals surface area contributed by atoms with Crippen molar-refractivity contribution in [3.05, 3.63) is 18.4 Å². The Bertz CT molecular complexity index is 110. The van der Waals surface area contributed by atoms with Gasteiger partial charge in [0.05, 0.1) is 0 Å². The third-order valence-electron chi connectivity index (χ3n) is 0.866. The molecule has 0 aromatic rings. The molecule has 0 bridgehead atoms. The summed E-state index contributed by atoms with van der Waals surface area (Å²) < 4.78 is 0. The van der Waals surface area contributed by atoms with Gasteiger partial charge in [0, 0.05) is 5.92 Å². The highest BCUT2D eigenvalue weighted by Crippen LogP contribution is 1.95. The van der Waals surface area contributed by atoms with Gasteiger partial charge in [0.1, 0.15) is 6.29 Å². The molecule has 0 spiro atoms. The maximum atomic E-state index is 9.94. The minimum absolute atomic E-state index is 0.115. The van der Waals surface area contributed by atoms with Gasteiger partial charge in [-0.15, -0.1) is 5.73 Å². The van der Waals surface area contributed by atoms with E-state index < -0.39 is 0 Å². The Morgan fingerprint density at radius 1 is 1.88 bits per heavy atom. The molecule has 0 rings (SSSR count). The predicted octanol–water partition coefficient (Wildman–Crippen LogP) is 1.55. The van der Waals surface area contributed by atoms with Gasteiger partial charge in [0.25, 0.3) is 0 Å². The molecule has 0 amide bonds. The van der Waals surface area contributed by atoms with Crippen LogP contribution in [0.1, 0.15) is 13.3 Å². The first kappa shape index (κ1) is 7.19. The van der Waals surface area contributed by atoms with Crippen LogP contribution in [-0.2, 0) is 4.79 Å². The van der Waals surface area contributed by atoms with Crippen LogP contribution in [0.2, 0.25) is 0 Å². The lowest BCUT2D eigenvalue weighted by atomic mass is 10.1. The number of aldehydes is 1. The summed E-state index contributed by atoms with van der Waals surface area (Å²) in [6.07, 6.45) is 3.44. The first-order valence-electron chi connectivity index (χ1n) is 2.61. The highest BCUT2D eigenvalue weighted by Gasteiger charge is 1.92. The molecule has 1 heteroatoms. The summed E-state index contributed by atoms with van der Waals surface area (Å²) in [5, 5.41) is 0. The molecule has 0 radical (unpaired) electrons. The SMILES string of the molecule is C=C=CCC(C)C=O. The van der Waals surface area contributed by atoms with Crippen molar-refractivity contribution in [1.82, 2.24) is 0 Å². The van der Waals surface area contributed by atoms with Crippen LogP contribution >= 0.6 is 0 Å². The Hall–Kier alpha value is -0.810. The topological polar surface area (TPSA) is 17.1 Å². The minimum atomic E-state index is 0.115. The van der Waals surface area contributed by atoms with E-state index in [2.05, 4.69) is 12.3 Å². The van der Waals surface area contributed by atoms with Crippen LogP contribution in [0.25, 0.3) is 0 Å². The average molecular weight is 110 g/mol. The van der Waals surface area contributed by atoms with Gasteiger partial charge in [-0.25, -0.2) is 0 Å². The van der Waals surface area contributed by atoms with Gasteiger partial charge in [-0.2, -0.15) is 0 Å². The van der Waals surface area contributed by atoms with E-state index in [4.69, 9.17) is 0 Å². The minimum Gasteiger partial charge on any atom is -0.303 e. The smallest absolute Gasteiger partial charge is 0.123 e. The van der Waals surface area contributed by atoms with Gasteiger partial charge in [-0.3, -0.25) is 0 Å². The summed E-state index contributed by atoms with van der Waals surface area (Å²) >= 11 is 0. The molecule has 0 N–H and O–H groups in total. The third-order valence-corrected chi connectivity index (χ3v) is 0.866. The second kappa shape index (κ2) is 4.35. The summed E-state index contributed by atoms with van der Waals surface area (Å²) in [5.41, 5.74) is 2.60. The van der Waals surface area contributed by atoms with Gasteiger partial charge in [0.15, 0.2) is 0 Å². The number of hydrogen-bond donors (Lipinski definition) is 0. The number of hydrogen-bond acceptors (Lipinski definition) is 1. The zero-order valence-electron chi connectivity index (χ0n) is 5.05. The maximum absolute atomic E-state index is 9.94. The number of allylic oxidation sites excluding steroid dienone is 1. The Morgan fingerprint density at radius 2 is 2.50 bits per heavy atom. The molecule has 44 valence electrons. The number of rotatable bonds is 3. The van der Waals surface area contributed by atoms with E-state index in [1.54, 1.807) is 6.08 Å². The van der Waals surface area contributed by atoms with Crippen molar-refractivity contribution in [2.75, 3.05) is 0 Å². The van der Waals surface area contributed by atoms with E-state index in [0.29, 0.717) is 0 Å². The monoisotopic (exact) mass is 110 g/mol. The highest BCUT2D eigenvalue weighted by atomic mass is 16.1. The van der Waals surface area contributed by atoms with Crippen LogP contribution in [0.15, 0.2) is 18.4 Å². The van der Waals surface area contributed by atoms with Gasteiger partial charge in [-0.1, -0.05) is 13.5 Å². The molecule has 0 aliphatic heterocycles. The lowest BCUT2D eigenvalue weighted by Gasteiger charge is -1.91. The van der Waals surface area contributed by atoms with Crippen molar-refractivity contribution in [2.24, 2.45) is 5.92 Å². The molecule has 1 nitrogen and oxygen atoms in total. The van der Waals surface area contributed by atoms with Crippen LogP contribution in [0.5, 0.6) is 0 Å². The molecule has 0 fully saturated rings. The molecule has 0 saturated heterocycles. The highest BCUT2D eigenvalue weighted by molar-refractivity contribution is 5.52. The first-order chi connectivity index (χ1) is 3.81. The van der Waals surface area contributed by atoms with Crippen LogP contribution in [0, 0.1) is 5.92 Å². The fraction of sp³-hybridized carbons (Fsp3) is 0.429. The summed E-state index contributed by atoms with van der Waals surface area (Å²) in [7, 11) is 0. The Kier molecular flexibility index (Phi) is 3.91. The fourth-order valence-corrected chi connectivity index (χ4v) is 0.325. The molecular weight excluding hydrogens is 100 g/mol. The van der Waals surface area contributed by atoms with Crippen LogP contribution < -0.4 is 0 Å². The van der Waals surface area contributed by atoms with Gasteiger partial charge >= 0.3 is 0 Å². The lowest BCUT2D eigenvalue weighted by Crippen LogP contribution is -1.90. The molecular formula is C7H10O. The second-order valence-corrected chi connectivity index (χ2v) is 1.76. The second-order valence-electron chi connectivity index (χ2n) is 1.76. The zero-order chi connectivity index (χ0) is 6.41. The van der Waals surface area contributed by atoms with Crippen molar-refractivity contribution in [3.63, 3.8) is 0 Å². The normalized spacial score (nSPS) is 11.6. The molecule has 1 atom stereocenters. The summed E-state index contributed by atoms with van der Waals surface area (Å²) in [5.74, 6) is 0.115. The molecule has 0 aliphatic rings. The predicted molar refractivity (Wildman–Crippen MR) is 33.6 cm³/mol. The number of carbonyl (C=O) groups excluding carboxylic acids is 1. The molecule has 0 saturated carbocycles. The van der Waals surface area contributed by atoms with Crippen LogP contribution in [0.4, 0.5) is 0 Å². The summed E-state index contributed by atoms with van der Waals surface area (Å²) in [4.78, 5) is 9.94. The van der Waals surface area contributed by atoms with Crippen molar-refractivity contribution >= 4 is 6.29 Å². The fourth-order valence-electron chi connectivity index (χ4n) is 0.325. The van der Waals surface area contributed by atoms with E-state index in [1.165, 1.54) is 0 Å². The van der Waals surface area contributed by atoms with Gasteiger partial charge in [0.2, 0.25) is 0 Å². The van der Waals surface area contributed by atoms with Crippen molar-refractivity contribution in [2.45, 2.75) is 13.3 Å². The molecule has 0 aromatic carbocycles. The molecule has 0 aliphatic carbocycles. The lowest BCUT2D eigenvalue weighted by molar-refractivity contribution is -0.110.